The summed E-state index contributed by atoms with van der Waals surface area (Å²) in [5, 5.41) is 8.96. The van der Waals surface area contributed by atoms with Crippen molar-refractivity contribution in [2.75, 3.05) is 0 Å². The van der Waals surface area contributed by atoms with E-state index in [1.165, 1.54) is 30.5 Å². The van der Waals surface area contributed by atoms with Crippen LogP contribution in [0, 0.1) is 5.82 Å². The summed E-state index contributed by atoms with van der Waals surface area (Å²) in [7, 11) is 0. The molecule has 0 unspecified atom stereocenters. The van der Waals surface area contributed by atoms with E-state index >= 15 is 0 Å². The van der Waals surface area contributed by atoms with Gasteiger partial charge < -0.3 is 10.1 Å². The van der Waals surface area contributed by atoms with E-state index < -0.39 is 22.9 Å². The smallest absolute Gasteiger partial charge is 0.341 e. The van der Waals surface area contributed by atoms with E-state index in [2.05, 4.69) is 4.98 Å². The fourth-order valence-corrected chi connectivity index (χ4v) is 1.59. The highest BCUT2D eigenvalue weighted by Gasteiger charge is 2.17. The number of benzene rings is 1. The highest BCUT2D eigenvalue weighted by atomic mass is 19.1. The molecule has 0 fully saturated rings. The third kappa shape index (κ3) is 1.94. The quantitative estimate of drug-likeness (QED) is 0.831. The van der Waals surface area contributed by atoms with Gasteiger partial charge in [0, 0.05) is 17.3 Å². The maximum atomic E-state index is 13.5. The third-order valence-electron chi connectivity index (χ3n) is 2.34. The van der Waals surface area contributed by atoms with Gasteiger partial charge in [-0.2, -0.15) is 0 Å². The lowest BCUT2D eigenvalue weighted by atomic mass is 10.0. The summed E-state index contributed by atoms with van der Waals surface area (Å²) in [6.45, 7) is 0. The monoisotopic (exact) mass is 233 g/mol. The number of aromatic nitrogens is 1. The second-order valence-electron chi connectivity index (χ2n) is 3.38. The van der Waals surface area contributed by atoms with Gasteiger partial charge >= 0.3 is 5.97 Å². The van der Waals surface area contributed by atoms with E-state index in [0.717, 1.165) is 0 Å². The van der Waals surface area contributed by atoms with Gasteiger partial charge in [-0.3, -0.25) is 4.79 Å². The van der Waals surface area contributed by atoms with Crippen molar-refractivity contribution in [3.8, 4) is 11.1 Å². The lowest BCUT2D eigenvalue weighted by molar-refractivity contribution is 0.0696. The zero-order valence-electron chi connectivity index (χ0n) is 8.61. The lowest BCUT2D eigenvalue weighted by Gasteiger charge is -2.05. The molecule has 0 amide bonds. The van der Waals surface area contributed by atoms with Crippen molar-refractivity contribution in [2.45, 2.75) is 0 Å². The van der Waals surface area contributed by atoms with Gasteiger partial charge in [-0.1, -0.05) is 18.2 Å². The van der Waals surface area contributed by atoms with Crippen LogP contribution in [0.1, 0.15) is 10.4 Å². The Bertz CT molecular complexity index is 634. The number of pyridine rings is 1. The molecule has 5 heteroatoms. The van der Waals surface area contributed by atoms with Crippen molar-refractivity contribution in [3.05, 3.63) is 58.3 Å². The summed E-state index contributed by atoms with van der Waals surface area (Å²) in [5.74, 6) is -1.95. The minimum Gasteiger partial charge on any atom is -0.477 e. The van der Waals surface area contributed by atoms with Crippen LogP contribution in [-0.4, -0.2) is 16.1 Å². The Hall–Kier alpha value is -2.43. The molecule has 0 aliphatic heterocycles. The Morgan fingerprint density at radius 2 is 1.88 bits per heavy atom. The van der Waals surface area contributed by atoms with Gasteiger partial charge in [0.1, 0.15) is 11.4 Å². The maximum Gasteiger partial charge on any atom is 0.341 e. The van der Waals surface area contributed by atoms with Gasteiger partial charge in [-0.05, 0) is 12.1 Å². The first kappa shape index (κ1) is 11.1. The second kappa shape index (κ2) is 4.21. The van der Waals surface area contributed by atoms with E-state index in [1.807, 2.05) is 0 Å². The van der Waals surface area contributed by atoms with Crippen LogP contribution in [0.2, 0.25) is 0 Å². The molecule has 0 saturated heterocycles. The molecule has 0 atom stereocenters. The number of carbonyl (C=O) groups is 1. The summed E-state index contributed by atoms with van der Waals surface area (Å²) < 4.78 is 13.5. The Balaban J connectivity index is 2.77. The molecule has 86 valence electrons. The molecular formula is C12H8FNO3. The first-order valence-corrected chi connectivity index (χ1v) is 4.81. The number of H-pyrrole nitrogens is 1. The summed E-state index contributed by atoms with van der Waals surface area (Å²) in [4.78, 5) is 24.6. The molecule has 0 aliphatic rings. The number of hydrogen-bond acceptors (Lipinski definition) is 2. The molecule has 17 heavy (non-hydrogen) atoms. The molecule has 0 spiro atoms. The highest BCUT2D eigenvalue weighted by molar-refractivity contribution is 5.95. The standard InChI is InChI=1S/C12H8FNO3/c13-9-4-2-1-3-7(9)8-5-6-14-11(15)10(8)12(16)17/h1-6H,(H,14,15)(H,16,17). The fourth-order valence-electron chi connectivity index (χ4n) is 1.59. The van der Waals surface area contributed by atoms with Crippen molar-refractivity contribution < 1.29 is 14.3 Å². The Morgan fingerprint density at radius 1 is 1.18 bits per heavy atom. The Labute approximate surface area is 95.4 Å². The number of rotatable bonds is 2. The topological polar surface area (TPSA) is 70.2 Å². The molecular weight excluding hydrogens is 225 g/mol. The zero-order chi connectivity index (χ0) is 12.4. The number of halogens is 1. The number of aromatic amines is 1. The normalized spacial score (nSPS) is 10.2. The molecule has 2 rings (SSSR count). The van der Waals surface area contributed by atoms with Crippen molar-refractivity contribution in [2.24, 2.45) is 0 Å². The summed E-state index contributed by atoms with van der Waals surface area (Å²) >= 11 is 0. The number of carboxylic acid groups (broad SMARTS) is 1. The van der Waals surface area contributed by atoms with Gasteiger partial charge in [-0.15, -0.1) is 0 Å². The highest BCUT2D eigenvalue weighted by Crippen LogP contribution is 2.23. The van der Waals surface area contributed by atoms with Crippen molar-refractivity contribution in [1.82, 2.24) is 4.98 Å². The summed E-state index contributed by atoms with van der Waals surface area (Å²) in [6, 6.07) is 7.07. The fraction of sp³-hybridized carbons (Fsp3) is 0. The average molecular weight is 233 g/mol. The molecule has 4 nitrogen and oxygen atoms in total. The van der Waals surface area contributed by atoms with Crippen LogP contribution in [0.5, 0.6) is 0 Å². The lowest BCUT2D eigenvalue weighted by Crippen LogP contribution is -2.18. The average Bonchev–Trinajstić information content (AvgIpc) is 2.28. The van der Waals surface area contributed by atoms with E-state index in [0.29, 0.717) is 0 Å². The molecule has 0 bridgehead atoms. The first-order chi connectivity index (χ1) is 8.11. The second-order valence-corrected chi connectivity index (χ2v) is 3.38. The number of carboxylic acids is 1. The van der Waals surface area contributed by atoms with Gasteiger partial charge in [-0.25, -0.2) is 9.18 Å². The maximum absolute atomic E-state index is 13.5. The van der Waals surface area contributed by atoms with Gasteiger partial charge in [0.2, 0.25) is 0 Å². The van der Waals surface area contributed by atoms with E-state index in [9.17, 15) is 14.0 Å². The zero-order valence-corrected chi connectivity index (χ0v) is 8.61. The Kier molecular flexibility index (Phi) is 2.74. The Morgan fingerprint density at radius 3 is 2.53 bits per heavy atom. The molecule has 2 aromatic rings. The molecule has 0 radical (unpaired) electrons. The first-order valence-electron chi connectivity index (χ1n) is 4.81. The van der Waals surface area contributed by atoms with Crippen LogP contribution < -0.4 is 5.56 Å². The van der Waals surface area contributed by atoms with E-state index in [4.69, 9.17) is 5.11 Å². The van der Waals surface area contributed by atoms with E-state index in [1.54, 1.807) is 6.07 Å². The van der Waals surface area contributed by atoms with Crippen LogP contribution in [0.15, 0.2) is 41.3 Å². The molecule has 0 aliphatic carbocycles. The molecule has 1 heterocycles. The SMILES string of the molecule is O=C(O)c1c(-c2ccccc2F)cc[nH]c1=O. The molecule has 0 saturated carbocycles. The van der Waals surface area contributed by atoms with Crippen LogP contribution in [0.25, 0.3) is 11.1 Å². The summed E-state index contributed by atoms with van der Waals surface area (Å²) in [6.07, 6.45) is 1.29. The van der Waals surface area contributed by atoms with Crippen LogP contribution >= 0.6 is 0 Å². The van der Waals surface area contributed by atoms with Crippen LogP contribution in [-0.2, 0) is 0 Å². The van der Waals surface area contributed by atoms with Crippen LogP contribution in [0.4, 0.5) is 4.39 Å². The number of aromatic carboxylic acids is 1. The summed E-state index contributed by atoms with van der Waals surface area (Å²) in [5.41, 5.74) is -1.05. The predicted octanol–water partition coefficient (Wildman–Crippen LogP) is 1.88. The largest absolute Gasteiger partial charge is 0.477 e. The molecule has 1 aromatic heterocycles. The van der Waals surface area contributed by atoms with Crippen molar-refractivity contribution >= 4 is 5.97 Å². The number of nitrogens with one attached hydrogen (secondary N) is 1. The van der Waals surface area contributed by atoms with Gasteiger partial charge in [0.25, 0.3) is 5.56 Å². The minimum atomic E-state index is -1.38. The molecule has 2 N–H and O–H groups in total. The van der Waals surface area contributed by atoms with Gasteiger partial charge in [0.15, 0.2) is 0 Å². The van der Waals surface area contributed by atoms with Crippen molar-refractivity contribution in [3.63, 3.8) is 0 Å². The van der Waals surface area contributed by atoms with Crippen molar-refractivity contribution in [1.29, 1.82) is 0 Å². The third-order valence-corrected chi connectivity index (χ3v) is 2.34. The number of hydrogen-bond donors (Lipinski definition) is 2. The van der Waals surface area contributed by atoms with Crippen LogP contribution in [0.3, 0.4) is 0 Å². The van der Waals surface area contributed by atoms with Gasteiger partial charge in [0.05, 0.1) is 0 Å². The minimum absolute atomic E-state index is 0.0688. The van der Waals surface area contributed by atoms with E-state index in [-0.39, 0.29) is 11.1 Å². The predicted molar refractivity (Wildman–Crippen MR) is 59.4 cm³/mol. The molecule has 1 aromatic carbocycles.